The molecule has 4 heteroatoms. The zero-order valence-electron chi connectivity index (χ0n) is 11.0. The number of carbonyl (C=O) groups excluding carboxylic acids is 1. The largest absolute Gasteiger partial charge is 0.444 e. The maximum absolute atomic E-state index is 11.9. The summed E-state index contributed by atoms with van der Waals surface area (Å²) < 4.78 is 5.38. The van der Waals surface area contributed by atoms with E-state index in [1.165, 1.54) is 0 Å². The van der Waals surface area contributed by atoms with Crippen LogP contribution in [0.3, 0.4) is 0 Å². The molecule has 1 saturated heterocycles. The molecule has 98 valence electrons. The van der Waals surface area contributed by atoms with Crippen molar-refractivity contribution < 1.29 is 14.6 Å². The van der Waals surface area contributed by atoms with Crippen LogP contribution in [-0.2, 0) is 4.74 Å². The van der Waals surface area contributed by atoms with Gasteiger partial charge < -0.3 is 14.7 Å². The molecule has 3 unspecified atom stereocenters. The van der Waals surface area contributed by atoms with Crippen LogP contribution in [0.4, 0.5) is 4.79 Å². The van der Waals surface area contributed by atoms with Gasteiger partial charge in [0.2, 0.25) is 0 Å². The molecule has 17 heavy (non-hydrogen) atoms. The molecular formula is C13H23NO3. The van der Waals surface area contributed by atoms with E-state index in [0.717, 1.165) is 32.4 Å². The number of nitrogens with zero attached hydrogens (tertiary/aromatic N) is 1. The molecule has 1 amide bonds. The van der Waals surface area contributed by atoms with Gasteiger partial charge in [0.05, 0.1) is 6.10 Å². The zero-order valence-corrected chi connectivity index (χ0v) is 11.0. The van der Waals surface area contributed by atoms with Crippen molar-refractivity contribution in [2.45, 2.75) is 51.7 Å². The van der Waals surface area contributed by atoms with Crippen molar-refractivity contribution in [1.29, 1.82) is 0 Å². The first-order valence-corrected chi connectivity index (χ1v) is 6.51. The molecule has 0 bridgehead atoms. The summed E-state index contributed by atoms with van der Waals surface area (Å²) in [5, 5.41) is 9.64. The molecular weight excluding hydrogens is 218 g/mol. The fourth-order valence-electron chi connectivity index (χ4n) is 2.95. The normalized spacial score (nSPS) is 33.4. The molecule has 0 aromatic heterocycles. The fraction of sp³-hybridized carbons (Fsp3) is 0.923. The van der Waals surface area contributed by atoms with E-state index in [4.69, 9.17) is 4.74 Å². The minimum absolute atomic E-state index is 0.163. The summed E-state index contributed by atoms with van der Waals surface area (Å²) in [6.07, 6.45) is 2.37. The van der Waals surface area contributed by atoms with Gasteiger partial charge in [0.25, 0.3) is 0 Å². The second-order valence-corrected chi connectivity index (χ2v) is 6.36. The summed E-state index contributed by atoms with van der Waals surface area (Å²) in [7, 11) is 0. The van der Waals surface area contributed by atoms with E-state index >= 15 is 0 Å². The average molecular weight is 241 g/mol. The van der Waals surface area contributed by atoms with Crippen molar-refractivity contribution >= 4 is 6.09 Å². The third-order valence-corrected chi connectivity index (χ3v) is 3.69. The van der Waals surface area contributed by atoms with Crippen LogP contribution >= 0.6 is 0 Å². The lowest BCUT2D eigenvalue weighted by Crippen LogP contribution is -2.44. The predicted octanol–water partition coefficient (Wildman–Crippen LogP) is 2.01. The Morgan fingerprint density at radius 2 is 1.94 bits per heavy atom. The maximum Gasteiger partial charge on any atom is 0.410 e. The molecule has 1 saturated carbocycles. The summed E-state index contributed by atoms with van der Waals surface area (Å²) >= 11 is 0. The van der Waals surface area contributed by atoms with E-state index in [9.17, 15) is 9.90 Å². The van der Waals surface area contributed by atoms with Crippen LogP contribution in [-0.4, -0.2) is 40.9 Å². The number of rotatable bonds is 0. The van der Waals surface area contributed by atoms with E-state index < -0.39 is 5.60 Å². The quantitative estimate of drug-likeness (QED) is 0.706. The van der Waals surface area contributed by atoms with Gasteiger partial charge in [-0.2, -0.15) is 0 Å². The minimum atomic E-state index is -0.427. The van der Waals surface area contributed by atoms with Gasteiger partial charge in [-0.3, -0.25) is 0 Å². The first-order valence-electron chi connectivity index (χ1n) is 6.51. The van der Waals surface area contributed by atoms with Crippen molar-refractivity contribution in [1.82, 2.24) is 4.90 Å². The van der Waals surface area contributed by atoms with Gasteiger partial charge in [-0.15, -0.1) is 0 Å². The van der Waals surface area contributed by atoms with Crippen molar-refractivity contribution in [2.75, 3.05) is 13.1 Å². The van der Waals surface area contributed by atoms with Crippen molar-refractivity contribution in [3.63, 3.8) is 0 Å². The molecule has 2 rings (SSSR count). The molecule has 4 nitrogen and oxygen atoms in total. The van der Waals surface area contributed by atoms with Gasteiger partial charge in [-0.1, -0.05) is 0 Å². The molecule has 1 aliphatic heterocycles. The van der Waals surface area contributed by atoms with E-state index in [-0.39, 0.29) is 12.2 Å². The Kier molecular flexibility index (Phi) is 3.34. The minimum Gasteiger partial charge on any atom is -0.444 e. The van der Waals surface area contributed by atoms with Gasteiger partial charge in [0, 0.05) is 13.1 Å². The van der Waals surface area contributed by atoms with Gasteiger partial charge in [-0.05, 0) is 51.9 Å². The first-order chi connectivity index (χ1) is 7.85. The molecule has 2 fully saturated rings. The number of piperidine rings is 1. The third-order valence-electron chi connectivity index (χ3n) is 3.69. The second kappa shape index (κ2) is 4.48. The fourth-order valence-corrected chi connectivity index (χ4v) is 2.95. The predicted molar refractivity (Wildman–Crippen MR) is 64.6 cm³/mol. The van der Waals surface area contributed by atoms with Crippen LogP contribution < -0.4 is 0 Å². The molecule has 2 aliphatic rings. The standard InChI is InChI=1S/C13H23NO3/c1-13(2,3)17-12(16)14-5-4-9-6-11(15)7-10(9)8-14/h9-11,15H,4-8H2,1-3H3. The van der Waals surface area contributed by atoms with Crippen LogP contribution in [0.5, 0.6) is 0 Å². The van der Waals surface area contributed by atoms with Gasteiger partial charge in [0.15, 0.2) is 0 Å². The van der Waals surface area contributed by atoms with Crippen molar-refractivity contribution in [3.05, 3.63) is 0 Å². The molecule has 1 N–H and O–H groups in total. The monoisotopic (exact) mass is 241 g/mol. The van der Waals surface area contributed by atoms with Gasteiger partial charge >= 0.3 is 6.09 Å². The smallest absolute Gasteiger partial charge is 0.410 e. The highest BCUT2D eigenvalue weighted by Crippen LogP contribution is 2.38. The Labute approximate surface area is 103 Å². The van der Waals surface area contributed by atoms with Gasteiger partial charge in [0.1, 0.15) is 5.60 Å². The third kappa shape index (κ3) is 3.12. The summed E-state index contributed by atoms with van der Waals surface area (Å²) in [5.41, 5.74) is -0.427. The highest BCUT2D eigenvalue weighted by atomic mass is 16.6. The lowest BCUT2D eigenvalue weighted by molar-refractivity contribution is 0.0126. The Balaban J connectivity index is 1.90. The lowest BCUT2D eigenvalue weighted by atomic mass is 9.89. The van der Waals surface area contributed by atoms with Crippen molar-refractivity contribution in [2.24, 2.45) is 11.8 Å². The van der Waals surface area contributed by atoms with E-state index in [0.29, 0.717) is 11.8 Å². The first kappa shape index (κ1) is 12.7. The summed E-state index contributed by atoms with van der Waals surface area (Å²) in [6.45, 7) is 7.17. The number of aliphatic hydroxyl groups is 1. The average Bonchev–Trinajstić information content (AvgIpc) is 2.53. The molecule has 1 heterocycles. The molecule has 0 aromatic carbocycles. The molecule has 1 aliphatic carbocycles. The number of fused-ring (bicyclic) bond motifs is 1. The topological polar surface area (TPSA) is 49.8 Å². The van der Waals surface area contributed by atoms with Crippen LogP contribution in [0, 0.1) is 11.8 Å². The Morgan fingerprint density at radius 1 is 1.29 bits per heavy atom. The zero-order chi connectivity index (χ0) is 12.6. The number of amides is 1. The summed E-state index contributed by atoms with van der Waals surface area (Å²) in [5.74, 6) is 1.06. The van der Waals surface area contributed by atoms with Gasteiger partial charge in [-0.25, -0.2) is 4.79 Å². The second-order valence-electron chi connectivity index (χ2n) is 6.36. The molecule has 0 radical (unpaired) electrons. The summed E-state index contributed by atoms with van der Waals surface area (Å²) in [4.78, 5) is 13.7. The number of hydrogen-bond acceptors (Lipinski definition) is 3. The Hall–Kier alpha value is -0.770. The molecule has 3 atom stereocenters. The number of ether oxygens (including phenoxy) is 1. The Bertz CT molecular complexity index is 298. The SMILES string of the molecule is CC(C)(C)OC(=O)N1CCC2CC(O)CC2C1. The van der Waals surface area contributed by atoms with Crippen LogP contribution in [0.15, 0.2) is 0 Å². The number of likely N-dealkylation sites (tertiary alicyclic amines) is 1. The molecule has 0 aromatic rings. The maximum atomic E-state index is 11.9. The van der Waals surface area contributed by atoms with E-state index in [2.05, 4.69) is 0 Å². The van der Waals surface area contributed by atoms with Crippen LogP contribution in [0.2, 0.25) is 0 Å². The Morgan fingerprint density at radius 3 is 2.59 bits per heavy atom. The highest BCUT2D eigenvalue weighted by Gasteiger charge is 2.39. The van der Waals surface area contributed by atoms with E-state index in [1.807, 2.05) is 20.8 Å². The summed E-state index contributed by atoms with van der Waals surface area (Å²) in [6, 6.07) is 0. The van der Waals surface area contributed by atoms with E-state index in [1.54, 1.807) is 4.90 Å². The highest BCUT2D eigenvalue weighted by molar-refractivity contribution is 5.68. The van der Waals surface area contributed by atoms with Crippen molar-refractivity contribution in [3.8, 4) is 0 Å². The number of aliphatic hydroxyl groups excluding tert-OH is 1. The van der Waals surface area contributed by atoms with Crippen LogP contribution in [0.25, 0.3) is 0 Å². The van der Waals surface area contributed by atoms with Crippen LogP contribution in [0.1, 0.15) is 40.0 Å². The number of carbonyl (C=O) groups is 1. The number of hydrogen-bond donors (Lipinski definition) is 1. The molecule has 0 spiro atoms. The lowest BCUT2D eigenvalue weighted by Gasteiger charge is -2.35.